The molecule has 0 fully saturated rings. The Balaban J connectivity index is 3.00. The van der Waals surface area contributed by atoms with E-state index in [1.165, 1.54) is 25.7 Å². The molecule has 1 nitrogen and oxygen atoms in total. The average molecular weight is 179 g/mol. The number of hydrogen-bond acceptors (Lipinski definition) is 1. The molecule has 1 heteroatoms. The van der Waals surface area contributed by atoms with Crippen molar-refractivity contribution in [3.05, 3.63) is 12.2 Å². The van der Waals surface area contributed by atoms with E-state index in [0.717, 1.165) is 19.3 Å². The number of rotatable bonds is 8. The lowest BCUT2D eigenvalue weighted by atomic mass is 10.1. The summed E-state index contributed by atoms with van der Waals surface area (Å²) in [6.45, 7) is 2.23. The van der Waals surface area contributed by atoms with E-state index in [9.17, 15) is 0 Å². The van der Waals surface area contributed by atoms with Crippen molar-refractivity contribution in [1.29, 1.82) is 5.26 Å². The van der Waals surface area contributed by atoms with Gasteiger partial charge in [-0.05, 0) is 32.1 Å². The molecule has 0 atom stereocenters. The van der Waals surface area contributed by atoms with Crippen LogP contribution in [-0.2, 0) is 0 Å². The van der Waals surface area contributed by atoms with Crippen LogP contribution in [0.15, 0.2) is 12.2 Å². The molecule has 0 bridgehead atoms. The Morgan fingerprint density at radius 2 is 1.62 bits per heavy atom. The second-order valence-corrected chi connectivity index (χ2v) is 3.37. The third kappa shape index (κ3) is 11.2. The summed E-state index contributed by atoms with van der Waals surface area (Å²) in [6.07, 6.45) is 13.8. The van der Waals surface area contributed by atoms with E-state index in [4.69, 9.17) is 5.26 Å². The van der Waals surface area contributed by atoms with Crippen LogP contribution in [0.5, 0.6) is 0 Å². The molecule has 0 heterocycles. The van der Waals surface area contributed by atoms with Crippen molar-refractivity contribution in [1.82, 2.24) is 0 Å². The Labute approximate surface area is 82.5 Å². The Morgan fingerprint density at radius 1 is 1.00 bits per heavy atom. The summed E-state index contributed by atoms with van der Waals surface area (Å²) in [5.74, 6) is 0. The van der Waals surface area contributed by atoms with Crippen LogP contribution in [0.3, 0.4) is 0 Å². The topological polar surface area (TPSA) is 23.8 Å². The maximum Gasteiger partial charge on any atom is 0.0621 e. The minimum Gasteiger partial charge on any atom is -0.198 e. The summed E-state index contributed by atoms with van der Waals surface area (Å²) in [5.41, 5.74) is 0. The molecule has 0 aliphatic rings. The Bertz CT molecular complexity index is 153. The third-order valence-electron chi connectivity index (χ3n) is 2.05. The lowest BCUT2D eigenvalue weighted by molar-refractivity contribution is 0.724. The van der Waals surface area contributed by atoms with Gasteiger partial charge in [0.15, 0.2) is 0 Å². The van der Waals surface area contributed by atoms with Crippen molar-refractivity contribution in [2.24, 2.45) is 0 Å². The zero-order valence-corrected chi connectivity index (χ0v) is 8.76. The summed E-state index contributed by atoms with van der Waals surface area (Å²) < 4.78 is 0. The number of allylic oxidation sites excluding steroid dienone is 2. The first-order chi connectivity index (χ1) is 6.41. The molecule has 0 spiro atoms. The Kier molecular flexibility index (Phi) is 10.6. The van der Waals surface area contributed by atoms with Crippen LogP contribution in [0, 0.1) is 11.3 Å². The van der Waals surface area contributed by atoms with Crippen molar-refractivity contribution in [2.45, 2.75) is 58.3 Å². The molecule has 0 amide bonds. The lowest BCUT2D eigenvalue weighted by Crippen LogP contribution is -1.73. The maximum atomic E-state index is 8.30. The summed E-state index contributed by atoms with van der Waals surface area (Å²) in [5, 5.41) is 8.30. The molecular weight excluding hydrogens is 158 g/mol. The maximum absolute atomic E-state index is 8.30. The van der Waals surface area contributed by atoms with Gasteiger partial charge in [0.2, 0.25) is 0 Å². The quantitative estimate of drug-likeness (QED) is 0.404. The fraction of sp³-hybridized carbons (Fsp3) is 0.750. The molecular formula is C12H21N. The number of unbranched alkanes of at least 4 members (excludes halogenated alkanes) is 6. The van der Waals surface area contributed by atoms with Gasteiger partial charge < -0.3 is 0 Å². The van der Waals surface area contributed by atoms with Gasteiger partial charge in [0, 0.05) is 6.42 Å². The molecule has 0 aromatic rings. The van der Waals surface area contributed by atoms with Gasteiger partial charge in [-0.2, -0.15) is 5.26 Å². The van der Waals surface area contributed by atoms with E-state index < -0.39 is 0 Å². The lowest BCUT2D eigenvalue weighted by Gasteiger charge is -1.92. The summed E-state index contributed by atoms with van der Waals surface area (Å²) in [4.78, 5) is 0. The molecule has 0 aliphatic carbocycles. The van der Waals surface area contributed by atoms with E-state index >= 15 is 0 Å². The fourth-order valence-electron chi connectivity index (χ4n) is 1.21. The number of nitrogens with zero attached hydrogens (tertiary/aromatic N) is 1. The second kappa shape index (κ2) is 11.2. The summed E-state index contributed by atoms with van der Waals surface area (Å²) in [7, 11) is 0. The van der Waals surface area contributed by atoms with Crippen molar-refractivity contribution < 1.29 is 0 Å². The fourth-order valence-corrected chi connectivity index (χ4v) is 1.21. The minimum absolute atomic E-state index is 0.712. The van der Waals surface area contributed by atoms with E-state index in [1.54, 1.807) is 0 Å². The van der Waals surface area contributed by atoms with Crippen LogP contribution in [0.1, 0.15) is 58.3 Å². The van der Waals surface area contributed by atoms with Crippen LogP contribution in [0.25, 0.3) is 0 Å². The minimum atomic E-state index is 0.712. The molecule has 0 saturated carbocycles. The Morgan fingerprint density at radius 3 is 2.15 bits per heavy atom. The molecule has 0 saturated heterocycles. The largest absolute Gasteiger partial charge is 0.198 e. The van der Waals surface area contributed by atoms with Crippen LogP contribution in [0.2, 0.25) is 0 Å². The molecule has 0 unspecified atom stereocenters. The van der Waals surface area contributed by atoms with Gasteiger partial charge in [-0.25, -0.2) is 0 Å². The first kappa shape index (κ1) is 12.2. The van der Waals surface area contributed by atoms with E-state index in [-0.39, 0.29) is 0 Å². The zero-order valence-electron chi connectivity index (χ0n) is 8.76. The average Bonchev–Trinajstić information content (AvgIpc) is 2.16. The van der Waals surface area contributed by atoms with Crippen LogP contribution < -0.4 is 0 Å². The van der Waals surface area contributed by atoms with Gasteiger partial charge in [0.25, 0.3) is 0 Å². The second-order valence-electron chi connectivity index (χ2n) is 3.37. The van der Waals surface area contributed by atoms with E-state index in [1.807, 2.05) is 0 Å². The normalized spacial score (nSPS) is 10.5. The molecule has 0 N–H and O–H groups in total. The highest BCUT2D eigenvalue weighted by Gasteiger charge is 1.84. The van der Waals surface area contributed by atoms with Gasteiger partial charge in [-0.1, -0.05) is 31.9 Å². The molecule has 0 aromatic heterocycles. The van der Waals surface area contributed by atoms with Gasteiger partial charge in [0.05, 0.1) is 6.07 Å². The first-order valence-electron chi connectivity index (χ1n) is 5.43. The van der Waals surface area contributed by atoms with Crippen molar-refractivity contribution in [3.8, 4) is 6.07 Å². The standard InChI is InChI=1S/C12H21N/c1-2-3-4-5-6-7-8-9-10-11-12-13/h6-7H,2-5,8-11H2,1H3. The predicted molar refractivity (Wildman–Crippen MR) is 57.4 cm³/mol. The molecule has 0 rings (SSSR count). The van der Waals surface area contributed by atoms with Crippen molar-refractivity contribution >= 4 is 0 Å². The van der Waals surface area contributed by atoms with Crippen LogP contribution in [-0.4, -0.2) is 0 Å². The first-order valence-corrected chi connectivity index (χ1v) is 5.43. The molecule has 0 aliphatic heterocycles. The summed E-state index contributed by atoms with van der Waals surface area (Å²) in [6, 6.07) is 2.16. The molecule has 74 valence electrons. The van der Waals surface area contributed by atoms with Gasteiger partial charge in [0.1, 0.15) is 0 Å². The van der Waals surface area contributed by atoms with Gasteiger partial charge >= 0.3 is 0 Å². The molecule has 0 aromatic carbocycles. The smallest absolute Gasteiger partial charge is 0.0621 e. The van der Waals surface area contributed by atoms with Crippen molar-refractivity contribution in [3.63, 3.8) is 0 Å². The summed E-state index contributed by atoms with van der Waals surface area (Å²) >= 11 is 0. The van der Waals surface area contributed by atoms with Crippen molar-refractivity contribution in [2.75, 3.05) is 0 Å². The zero-order chi connectivity index (χ0) is 9.78. The van der Waals surface area contributed by atoms with Crippen LogP contribution >= 0.6 is 0 Å². The van der Waals surface area contributed by atoms with Crippen LogP contribution in [0.4, 0.5) is 0 Å². The van der Waals surface area contributed by atoms with Gasteiger partial charge in [-0.15, -0.1) is 0 Å². The highest BCUT2D eigenvalue weighted by atomic mass is 14.2. The predicted octanol–water partition coefficient (Wildman–Crippen LogP) is 4.21. The Hall–Kier alpha value is -0.770. The van der Waals surface area contributed by atoms with E-state index in [0.29, 0.717) is 6.42 Å². The SMILES string of the molecule is CCCCCC=CCCCCC#N. The van der Waals surface area contributed by atoms with E-state index in [2.05, 4.69) is 25.1 Å². The number of nitriles is 1. The highest BCUT2D eigenvalue weighted by molar-refractivity contribution is 4.81. The number of hydrogen-bond donors (Lipinski definition) is 0. The third-order valence-corrected chi connectivity index (χ3v) is 2.05. The highest BCUT2D eigenvalue weighted by Crippen LogP contribution is 2.03. The molecule has 0 radical (unpaired) electrons. The molecule has 13 heavy (non-hydrogen) atoms. The monoisotopic (exact) mass is 179 g/mol. The van der Waals surface area contributed by atoms with Gasteiger partial charge in [-0.3, -0.25) is 0 Å².